The van der Waals surface area contributed by atoms with Crippen molar-refractivity contribution in [1.82, 2.24) is 10.2 Å². The molecular weight excluding hydrogens is 480 g/mol. The number of ether oxygens (including phenoxy) is 1. The van der Waals surface area contributed by atoms with Gasteiger partial charge in [0.2, 0.25) is 5.91 Å². The predicted molar refractivity (Wildman–Crippen MR) is 142 cm³/mol. The molecule has 1 saturated heterocycles. The molecule has 0 aliphatic carbocycles. The fourth-order valence-corrected chi connectivity index (χ4v) is 5.28. The Morgan fingerprint density at radius 1 is 1.03 bits per heavy atom. The number of nitrogens with zero attached hydrogens (tertiary/aromatic N) is 1. The highest BCUT2D eigenvalue weighted by molar-refractivity contribution is 8.00. The fourth-order valence-electron chi connectivity index (χ4n) is 3.96. The number of amides is 2. The van der Waals surface area contributed by atoms with Crippen LogP contribution in [0.4, 0.5) is 0 Å². The Morgan fingerprint density at radius 3 is 2.40 bits per heavy atom. The van der Waals surface area contributed by atoms with Crippen LogP contribution >= 0.6 is 23.4 Å². The summed E-state index contributed by atoms with van der Waals surface area (Å²) in [6, 6.07) is 23.1. The first-order valence-corrected chi connectivity index (χ1v) is 13.2. The van der Waals surface area contributed by atoms with Crippen LogP contribution in [-0.2, 0) is 17.8 Å². The standard InChI is InChI=1S/C28H29ClN2O3S/c1-2-3-20-6-14-25(15-7-20)34-17-16-30-27(33)22-8-10-23(11-9-22)28-31(26(32)19-35-28)18-21-4-12-24(29)13-5-21/h4-15,28H,2-3,16-19H2,1H3,(H,30,33)/t28-/m0/s1. The number of hydrogen-bond donors (Lipinski definition) is 1. The van der Waals surface area contributed by atoms with Crippen molar-refractivity contribution in [1.29, 1.82) is 0 Å². The molecular formula is C28H29ClN2O3S. The summed E-state index contributed by atoms with van der Waals surface area (Å²) in [6.45, 7) is 3.50. The highest BCUT2D eigenvalue weighted by Gasteiger charge is 2.32. The van der Waals surface area contributed by atoms with Crippen LogP contribution in [0.5, 0.6) is 5.75 Å². The van der Waals surface area contributed by atoms with Gasteiger partial charge in [-0.2, -0.15) is 0 Å². The van der Waals surface area contributed by atoms with Crippen LogP contribution in [-0.4, -0.2) is 35.6 Å². The zero-order chi connectivity index (χ0) is 24.6. The van der Waals surface area contributed by atoms with Crippen molar-refractivity contribution in [2.24, 2.45) is 0 Å². The molecule has 182 valence electrons. The third-order valence-corrected chi connectivity index (χ3v) is 7.32. The molecule has 1 N–H and O–H groups in total. The first-order valence-electron chi connectivity index (χ1n) is 11.8. The van der Waals surface area contributed by atoms with Crippen LogP contribution in [0.1, 0.15) is 45.8 Å². The maximum absolute atomic E-state index is 12.5. The van der Waals surface area contributed by atoms with Gasteiger partial charge in [0, 0.05) is 17.1 Å². The molecule has 7 heteroatoms. The van der Waals surface area contributed by atoms with Gasteiger partial charge in [-0.15, -0.1) is 11.8 Å². The topological polar surface area (TPSA) is 58.6 Å². The first kappa shape index (κ1) is 25.1. The quantitative estimate of drug-likeness (QED) is 0.348. The van der Waals surface area contributed by atoms with Crippen LogP contribution in [0, 0.1) is 0 Å². The van der Waals surface area contributed by atoms with E-state index in [9.17, 15) is 9.59 Å². The third-order valence-electron chi connectivity index (χ3n) is 5.81. The van der Waals surface area contributed by atoms with Gasteiger partial charge in [-0.05, 0) is 59.5 Å². The minimum atomic E-state index is -0.147. The molecule has 3 aromatic rings. The summed E-state index contributed by atoms with van der Waals surface area (Å²) < 4.78 is 5.73. The largest absolute Gasteiger partial charge is 0.492 e. The number of rotatable bonds is 10. The number of nitrogens with one attached hydrogen (secondary N) is 1. The molecule has 35 heavy (non-hydrogen) atoms. The highest BCUT2D eigenvalue weighted by Crippen LogP contribution is 2.39. The Hall–Kier alpha value is -2.96. The first-order chi connectivity index (χ1) is 17.0. The van der Waals surface area contributed by atoms with Crippen molar-refractivity contribution in [3.63, 3.8) is 0 Å². The number of hydrogen-bond acceptors (Lipinski definition) is 4. The Kier molecular flexibility index (Phi) is 8.72. The fraction of sp³-hybridized carbons (Fsp3) is 0.286. The minimum absolute atomic E-state index is 0.0765. The third kappa shape index (κ3) is 6.80. The SMILES string of the molecule is CCCc1ccc(OCCNC(=O)c2ccc([C@@H]3SCC(=O)N3Cc3ccc(Cl)cc3)cc2)cc1. The van der Waals surface area contributed by atoms with E-state index in [1.807, 2.05) is 65.6 Å². The molecule has 1 aliphatic rings. The lowest BCUT2D eigenvalue weighted by Gasteiger charge is -2.24. The van der Waals surface area contributed by atoms with E-state index in [1.54, 1.807) is 11.8 Å². The van der Waals surface area contributed by atoms with Gasteiger partial charge in [-0.1, -0.05) is 61.3 Å². The van der Waals surface area contributed by atoms with Crippen molar-refractivity contribution in [3.05, 3.63) is 100 Å². The van der Waals surface area contributed by atoms with Crippen LogP contribution < -0.4 is 10.1 Å². The van der Waals surface area contributed by atoms with Crippen LogP contribution in [0.3, 0.4) is 0 Å². The Bertz CT molecular complexity index is 1130. The molecule has 1 aliphatic heterocycles. The van der Waals surface area contributed by atoms with Crippen molar-refractivity contribution in [2.45, 2.75) is 31.7 Å². The molecule has 1 fully saturated rings. The zero-order valence-electron chi connectivity index (χ0n) is 19.7. The molecule has 1 atom stereocenters. The van der Waals surface area contributed by atoms with Gasteiger partial charge in [0.25, 0.3) is 5.91 Å². The van der Waals surface area contributed by atoms with E-state index in [0.29, 0.717) is 36.0 Å². The van der Waals surface area contributed by atoms with Gasteiger partial charge in [0.05, 0.1) is 12.3 Å². The average Bonchev–Trinajstić information content (AvgIpc) is 3.24. The summed E-state index contributed by atoms with van der Waals surface area (Å²) in [5.74, 6) is 1.21. The maximum atomic E-state index is 12.5. The maximum Gasteiger partial charge on any atom is 0.251 e. The van der Waals surface area contributed by atoms with Crippen molar-refractivity contribution >= 4 is 35.2 Å². The Labute approximate surface area is 215 Å². The zero-order valence-corrected chi connectivity index (χ0v) is 21.3. The lowest BCUT2D eigenvalue weighted by atomic mass is 10.1. The molecule has 0 unspecified atom stereocenters. The molecule has 0 radical (unpaired) electrons. The number of aryl methyl sites for hydroxylation is 1. The van der Waals surface area contributed by atoms with E-state index in [2.05, 4.69) is 24.4 Å². The lowest BCUT2D eigenvalue weighted by Crippen LogP contribution is -2.28. The molecule has 1 heterocycles. The molecule has 5 nitrogen and oxygen atoms in total. The number of halogens is 1. The summed E-state index contributed by atoms with van der Waals surface area (Å²) in [5.41, 5.74) is 3.91. The summed E-state index contributed by atoms with van der Waals surface area (Å²) in [6.07, 6.45) is 2.18. The average molecular weight is 509 g/mol. The Morgan fingerprint density at radius 2 is 1.71 bits per heavy atom. The van der Waals surface area contributed by atoms with Crippen molar-refractivity contribution in [3.8, 4) is 5.75 Å². The van der Waals surface area contributed by atoms with Crippen LogP contribution in [0.25, 0.3) is 0 Å². The van der Waals surface area contributed by atoms with E-state index in [0.717, 1.165) is 29.7 Å². The van der Waals surface area contributed by atoms with E-state index in [4.69, 9.17) is 16.3 Å². The van der Waals surface area contributed by atoms with Gasteiger partial charge in [0.15, 0.2) is 0 Å². The van der Waals surface area contributed by atoms with Crippen molar-refractivity contribution in [2.75, 3.05) is 18.9 Å². The molecule has 4 rings (SSSR count). The minimum Gasteiger partial charge on any atom is -0.492 e. The number of benzene rings is 3. The number of carbonyl (C=O) groups excluding carboxylic acids is 2. The smallest absolute Gasteiger partial charge is 0.251 e. The molecule has 0 saturated carbocycles. The van der Waals surface area contributed by atoms with E-state index >= 15 is 0 Å². The second-order valence-corrected chi connectivity index (χ2v) is 9.94. The summed E-state index contributed by atoms with van der Waals surface area (Å²) in [7, 11) is 0. The monoisotopic (exact) mass is 508 g/mol. The van der Waals surface area contributed by atoms with Gasteiger partial charge >= 0.3 is 0 Å². The van der Waals surface area contributed by atoms with Gasteiger partial charge in [0.1, 0.15) is 17.7 Å². The highest BCUT2D eigenvalue weighted by atomic mass is 35.5. The molecule has 2 amide bonds. The van der Waals surface area contributed by atoms with Gasteiger partial charge in [-0.3, -0.25) is 9.59 Å². The second kappa shape index (κ2) is 12.1. The van der Waals surface area contributed by atoms with E-state index < -0.39 is 0 Å². The second-order valence-electron chi connectivity index (χ2n) is 8.43. The van der Waals surface area contributed by atoms with Gasteiger partial charge in [-0.25, -0.2) is 0 Å². The molecule has 0 spiro atoms. The van der Waals surface area contributed by atoms with Gasteiger partial charge < -0.3 is 15.0 Å². The number of carbonyl (C=O) groups is 2. The molecule has 0 aromatic heterocycles. The van der Waals surface area contributed by atoms with Crippen LogP contribution in [0.15, 0.2) is 72.8 Å². The Balaban J connectivity index is 1.28. The van der Waals surface area contributed by atoms with E-state index in [1.165, 1.54) is 5.56 Å². The summed E-state index contributed by atoms with van der Waals surface area (Å²) >= 11 is 7.58. The normalized spacial score (nSPS) is 15.3. The van der Waals surface area contributed by atoms with Crippen LogP contribution in [0.2, 0.25) is 5.02 Å². The number of thioether (sulfide) groups is 1. The molecule has 3 aromatic carbocycles. The molecule has 0 bridgehead atoms. The summed E-state index contributed by atoms with van der Waals surface area (Å²) in [4.78, 5) is 26.9. The predicted octanol–water partition coefficient (Wildman–Crippen LogP) is 5.88. The summed E-state index contributed by atoms with van der Waals surface area (Å²) in [5, 5.41) is 3.50. The lowest BCUT2D eigenvalue weighted by molar-refractivity contribution is -0.128. The van der Waals surface area contributed by atoms with E-state index in [-0.39, 0.29) is 17.2 Å². The van der Waals surface area contributed by atoms with Crippen molar-refractivity contribution < 1.29 is 14.3 Å².